The number of ketones is 1. The van der Waals surface area contributed by atoms with Crippen molar-refractivity contribution < 1.29 is 24.1 Å². The van der Waals surface area contributed by atoms with Gasteiger partial charge in [0.2, 0.25) is 12.6 Å². The summed E-state index contributed by atoms with van der Waals surface area (Å²) in [4.78, 5) is 17.3. The van der Waals surface area contributed by atoms with Crippen molar-refractivity contribution in [1.29, 1.82) is 0 Å². The molecule has 5 rings (SSSR count). The average molecular weight is 422 g/mol. The number of phenols is 1. The number of carbonyl (C=O) groups excluding carboxylic acids is 1. The lowest BCUT2D eigenvalue weighted by atomic mass is 10.0. The van der Waals surface area contributed by atoms with Crippen LogP contribution in [0.1, 0.15) is 35.3 Å². The Balaban J connectivity index is 1.24. The molecule has 0 amide bonds. The smallest absolute Gasteiger partial charge is 0.231 e. The van der Waals surface area contributed by atoms with Crippen molar-refractivity contribution >= 4 is 5.78 Å². The first-order valence-electron chi connectivity index (χ1n) is 10.6. The number of nitrogens with zero attached hydrogens (tertiary/aromatic N) is 2. The molecule has 0 saturated carbocycles. The molecule has 0 aliphatic carbocycles. The number of carbonyl (C=O) groups is 1. The third-order valence-electron chi connectivity index (χ3n) is 6.03. The number of hydrogen-bond donors (Lipinski definition) is 1. The van der Waals surface area contributed by atoms with Crippen LogP contribution in [0.3, 0.4) is 0 Å². The highest BCUT2D eigenvalue weighted by Gasteiger charge is 2.32. The Bertz CT molecular complexity index is 1070. The molecule has 0 aromatic heterocycles. The van der Waals surface area contributed by atoms with Gasteiger partial charge in [0.05, 0.1) is 11.1 Å². The molecule has 162 valence electrons. The molecule has 1 N–H and O–H groups in total. The van der Waals surface area contributed by atoms with E-state index >= 15 is 0 Å². The fourth-order valence-electron chi connectivity index (χ4n) is 4.29. The Morgan fingerprint density at radius 2 is 1.68 bits per heavy atom. The molecular weight excluding hydrogens is 396 g/mol. The van der Waals surface area contributed by atoms with E-state index in [2.05, 4.69) is 21.9 Å². The molecule has 2 aromatic carbocycles. The first kappa shape index (κ1) is 19.9. The van der Waals surface area contributed by atoms with Crippen LogP contribution >= 0.6 is 0 Å². The van der Waals surface area contributed by atoms with Crippen molar-refractivity contribution in [3.63, 3.8) is 0 Å². The lowest BCUT2D eigenvalue weighted by molar-refractivity contribution is 0.101. The Morgan fingerprint density at radius 1 is 0.968 bits per heavy atom. The molecule has 31 heavy (non-hydrogen) atoms. The molecule has 0 spiro atoms. The van der Waals surface area contributed by atoms with E-state index in [1.54, 1.807) is 12.1 Å². The highest BCUT2D eigenvalue weighted by atomic mass is 16.7. The maximum atomic E-state index is 12.6. The van der Waals surface area contributed by atoms with Crippen LogP contribution in [-0.2, 0) is 13.1 Å². The first-order chi connectivity index (χ1) is 15.0. The third kappa shape index (κ3) is 3.75. The van der Waals surface area contributed by atoms with E-state index in [9.17, 15) is 9.90 Å². The SMILES string of the molecule is CC(C)=C1Oc2c(ccc(O)c2CN2CCN(Cc3ccc4c(c3)OCO4)CC2)C1=O. The topological polar surface area (TPSA) is 71.5 Å². The van der Waals surface area contributed by atoms with Gasteiger partial charge in [-0.1, -0.05) is 6.07 Å². The summed E-state index contributed by atoms with van der Waals surface area (Å²) in [5.41, 5.74) is 3.26. The maximum absolute atomic E-state index is 12.6. The quantitative estimate of drug-likeness (QED) is 0.758. The van der Waals surface area contributed by atoms with Crippen LogP contribution in [0.5, 0.6) is 23.0 Å². The van der Waals surface area contributed by atoms with Crippen molar-refractivity contribution in [2.24, 2.45) is 0 Å². The predicted molar refractivity (Wildman–Crippen MR) is 115 cm³/mol. The normalized spacial score (nSPS) is 18.3. The Morgan fingerprint density at radius 3 is 2.42 bits per heavy atom. The van der Waals surface area contributed by atoms with Gasteiger partial charge in [-0.25, -0.2) is 0 Å². The van der Waals surface area contributed by atoms with E-state index in [1.165, 1.54) is 5.56 Å². The van der Waals surface area contributed by atoms with E-state index in [0.29, 0.717) is 29.2 Å². The number of rotatable bonds is 4. The molecule has 0 unspecified atom stereocenters. The van der Waals surface area contributed by atoms with Crippen LogP contribution in [0.25, 0.3) is 0 Å². The molecule has 7 heteroatoms. The minimum absolute atomic E-state index is 0.107. The van der Waals surface area contributed by atoms with Gasteiger partial charge in [0.25, 0.3) is 0 Å². The summed E-state index contributed by atoms with van der Waals surface area (Å²) >= 11 is 0. The molecule has 2 aromatic rings. The summed E-state index contributed by atoms with van der Waals surface area (Å²) in [6, 6.07) is 9.35. The van der Waals surface area contributed by atoms with Gasteiger partial charge in [-0.3, -0.25) is 14.6 Å². The van der Waals surface area contributed by atoms with Gasteiger partial charge in [0.1, 0.15) is 11.5 Å². The molecule has 7 nitrogen and oxygen atoms in total. The summed E-state index contributed by atoms with van der Waals surface area (Å²) in [6.07, 6.45) is 0. The van der Waals surface area contributed by atoms with Crippen molar-refractivity contribution in [3.05, 3.63) is 58.4 Å². The average Bonchev–Trinajstić information content (AvgIpc) is 3.35. The van der Waals surface area contributed by atoms with Gasteiger partial charge >= 0.3 is 0 Å². The predicted octanol–water partition coefficient (Wildman–Crippen LogP) is 3.31. The number of allylic oxidation sites excluding steroid dienone is 2. The molecule has 0 radical (unpaired) electrons. The molecule has 0 bridgehead atoms. The van der Waals surface area contributed by atoms with Crippen LogP contribution in [0.2, 0.25) is 0 Å². The van der Waals surface area contributed by atoms with Crippen LogP contribution in [-0.4, -0.2) is 53.7 Å². The molecule has 3 aliphatic heterocycles. The lowest BCUT2D eigenvalue weighted by Gasteiger charge is -2.35. The van der Waals surface area contributed by atoms with E-state index in [1.807, 2.05) is 19.9 Å². The van der Waals surface area contributed by atoms with Gasteiger partial charge in [0.15, 0.2) is 17.3 Å². The number of Topliss-reactive ketones (excluding diaryl/α,β-unsaturated/α-hetero) is 1. The third-order valence-corrected chi connectivity index (χ3v) is 6.03. The zero-order chi connectivity index (χ0) is 21.5. The van der Waals surface area contributed by atoms with Crippen molar-refractivity contribution in [1.82, 2.24) is 9.80 Å². The number of phenolic OH excluding ortho intramolecular Hbond substituents is 1. The van der Waals surface area contributed by atoms with Crippen LogP contribution in [0.15, 0.2) is 41.7 Å². The van der Waals surface area contributed by atoms with Gasteiger partial charge in [-0.2, -0.15) is 0 Å². The number of hydrogen-bond acceptors (Lipinski definition) is 7. The summed E-state index contributed by atoms with van der Waals surface area (Å²) in [5, 5.41) is 10.5. The van der Waals surface area contributed by atoms with Crippen molar-refractivity contribution in [2.75, 3.05) is 33.0 Å². The molecule has 1 saturated heterocycles. The zero-order valence-corrected chi connectivity index (χ0v) is 17.8. The van der Waals surface area contributed by atoms with E-state index in [-0.39, 0.29) is 18.3 Å². The minimum Gasteiger partial charge on any atom is -0.507 e. The standard InChI is InChI=1S/C24H26N2O5/c1-15(2)23-22(28)17-4-5-19(27)18(24(17)31-23)13-26-9-7-25(8-10-26)12-16-3-6-20-21(11-16)30-14-29-20/h3-6,11,27H,7-10,12-14H2,1-2H3. The maximum Gasteiger partial charge on any atom is 0.231 e. The van der Waals surface area contributed by atoms with Gasteiger partial charge < -0.3 is 19.3 Å². The van der Waals surface area contributed by atoms with E-state index in [0.717, 1.165) is 49.8 Å². The molecule has 1 fully saturated rings. The summed E-state index contributed by atoms with van der Waals surface area (Å²) in [6.45, 7) is 9.00. The fourth-order valence-corrected chi connectivity index (χ4v) is 4.29. The van der Waals surface area contributed by atoms with Crippen molar-refractivity contribution in [2.45, 2.75) is 26.9 Å². The Hall–Kier alpha value is -3.03. The van der Waals surface area contributed by atoms with E-state index < -0.39 is 0 Å². The number of aromatic hydroxyl groups is 1. The summed E-state index contributed by atoms with van der Waals surface area (Å²) < 4.78 is 16.7. The molecule has 3 aliphatic rings. The Kier molecular flexibility index (Phi) is 5.08. The highest BCUT2D eigenvalue weighted by molar-refractivity contribution is 6.13. The molecule has 3 heterocycles. The summed E-state index contributed by atoms with van der Waals surface area (Å²) in [5.74, 6) is 2.56. The van der Waals surface area contributed by atoms with Gasteiger partial charge in [-0.05, 0) is 49.2 Å². The fraction of sp³-hybridized carbons (Fsp3) is 0.375. The van der Waals surface area contributed by atoms with Crippen molar-refractivity contribution in [3.8, 4) is 23.0 Å². The Labute approximate surface area is 181 Å². The van der Waals surface area contributed by atoms with E-state index in [4.69, 9.17) is 14.2 Å². The number of benzene rings is 2. The monoisotopic (exact) mass is 422 g/mol. The van der Waals surface area contributed by atoms with Crippen LogP contribution in [0, 0.1) is 0 Å². The first-order valence-corrected chi connectivity index (χ1v) is 10.6. The second kappa shape index (κ2) is 7.90. The second-order valence-electron chi connectivity index (χ2n) is 8.44. The minimum atomic E-state index is -0.107. The second-order valence-corrected chi connectivity index (χ2v) is 8.44. The lowest BCUT2D eigenvalue weighted by Crippen LogP contribution is -2.45. The number of ether oxygens (including phenoxy) is 3. The largest absolute Gasteiger partial charge is 0.507 e. The van der Waals surface area contributed by atoms with Gasteiger partial charge in [0, 0.05) is 39.3 Å². The van der Waals surface area contributed by atoms with Crippen LogP contribution in [0.4, 0.5) is 0 Å². The molecule has 0 atom stereocenters. The summed E-state index contributed by atoms with van der Waals surface area (Å²) in [7, 11) is 0. The number of fused-ring (bicyclic) bond motifs is 2. The highest BCUT2D eigenvalue weighted by Crippen LogP contribution is 2.40. The number of piperazine rings is 1. The van der Waals surface area contributed by atoms with Crippen LogP contribution < -0.4 is 14.2 Å². The van der Waals surface area contributed by atoms with Gasteiger partial charge in [-0.15, -0.1) is 0 Å². The zero-order valence-electron chi connectivity index (χ0n) is 17.8. The molecular formula is C24H26N2O5.